The quantitative estimate of drug-likeness (QED) is 0.620. The summed E-state index contributed by atoms with van der Waals surface area (Å²) in [4.78, 5) is 13.2. The Bertz CT molecular complexity index is 1180. The minimum Gasteiger partial charge on any atom is -0.379 e. The molecule has 0 aliphatic carbocycles. The molecule has 4 rings (SSSR count). The van der Waals surface area contributed by atoms with Crippen LogP contribution in [0, 0.1) is 5.82 Å². The summed E-state index contributed by atoms with van der Waals surface area (Å²) in [6.45, 7) is 1.24. The van der Waals surface area contributed by atoms with E-state index in [9.17, 15) is 17.6 Å². The molecule has 1 saturated heterocycles. The lowest BCUT2D eigenvalue weighted by Crippen LogP contribution is -2.40. The highest BCUT2D eigenvalue weighted by atomic mass is 32.2. The highest BCUT2D eigenvalue weighted by molar-refractivity contribution is 7.89. The van der Waals surface area contributed by atoms with Gasteiger partial charge in [-0.15, -0.1) is 0 Å². The monoisotopic (exact) mass is 454 g/mol. The number of carbonyl (C=O) groups is 1. The molecule has 1 N–H and O–H groups in total. The summed E-state index contributed by atoms with van der Waals surface area (Å²) >= 11 is 0. The van der Waals surface area contributed by atoms with Crippen molar-refractivity contribution in [2.45, 2.75) is 10.9 Å². The van der Waals surface area contributed by atoms with Crippen LogP contribution in [0.5, 0.6) is 0 Å². The van der Waals surface area contributed by atoms with Gasteiger partial charge in [0.05, 0.1) is 24.2 Å². The zero-order valence-corrected chi connectivity index (χ0v) is 18.1. The average Bonchev–Trinajstić information content (AvgIpc) is 2.84. The molecule has 1 fully saturated rings. The van der Waals surface area contributed by atoms with Gasteiger partial charge < -0.3 is 10.1 Å². The second kappa shape index (κ2) is 9.60. The van der Waals surface area contributed by atoms with Crippen molar-refractivity contribution in [1.29, 1.82) is 0 Å². The minimum atomic E-state index is -3.72. The van der Waals surface area contributed by atoms with Crippen LogP contribution in [0.3, 0.4) is 0 Å². The van der Waals surface area contributed by atoms with Crippen LogP contribution in [0.25, 0.3) is 0 Å². The van der Waals surface area contributed by atoms with E-state index in [2.05, 4.69) is 5.32 Å². The Balaban J connectivity index is 1.61. The fraction of sp³-hybridized carbons (Fsp3) is 0.208. The second-order valence-corrected chi connectivity index (χ2v) is 9.35. The maximum absolute atomic E-state index is 13.4. The number of benzene rings is 3. The summed E-state index contributed by atoms with van der Waals surface area (Å²) < 4.78 is 46.0. The van der Waals surface area contributed by atoms with Crippen molar-refractivity contribution in [2.24, 2.45) is 0 Å². The lowest BCUT2D eigenvalue weighted by atomic mass is 9.98. The maximum Gasteiger partial charge on any atom is 0.252 e. The van der Waals surface area contributed by atoms with Crippen molar-refractivity contribution in [2.75, 3.05) is 26.3 Å². The molecule has 32 heavy (non-hydrogen) atoms. The molecule has 8 heteroatoms. The molecule has 166 valence electrons. The third-order valence-electron chi connectivity index (χ3n) is 5.32. The molecule has 3 aromatic rings. The summed E-state index contributed by atoms with van der Waals surface area (Å²) in [5.41, 5.74) is 1.76. The molecule has 6 nitrogen and oxygen atoms in total. The summed E-state index contributed by atoms with van der Waals surface area (Å²) in [5, 5.41) is 2.95. The van der Waals surface area contributed by atoms with Crippen LogP contribution in [0.1, 0.15) is 27.5 Å². The van der Waals surface area contributed by atoms with Crippen molar-refractivity contribution in [3.05, 3.63) is 101 Å². The number of ether oxygens (including phenoxy) is 1. The summed E-state index contributed by atoms with van der Waals surface area (Å²) in [5.74, 6) is -0.796. The largest absolute Gasteiger partial charge is 0.379 e. The van der Waals surface area contributed by atoms with Crippen LogP contribution < -0.4 is 5.32 Å². The number of hydrogen-bond donors (Lipinski definition) is 1. The Morgan fingerprint density at radius 1 is 0.906 bits per heavy atom. The minimum absolute atomic E-state index is 0.0603. The number of rotatable bonds is 6. The van der Waals surface area contributed by atoms with Gasteiger partial charge in [-0.25, -0.2) is 12.8 Å². The Kier molecular flexibility index (Phi) is 6.64. The Labute approximate surface area is 186 Å². The molecule has 1 aliphatic heterocycles. The van der Waals surface area contributed by atoms with E-state index >= 15 is 0 Å². The van der Waals surface area contributed by atoms with Crippen LogP contribution in [-0.2, 0) is 14.8 Å². The van der Waals surface area contributed by atoms with Gasteiger partial charge in [0.1, 0.15) is 5.82 Å². The topological polar surface area (TPSA) is 75.7 Å². The molecular weight excluding hydrogens is 431 g/mol. The molecule has 3 aromatic carbocycles. The molecule has 0 saturated carbocycles. The lowest BCUT2D eigenvalue weighted by Gasteiger charge is -2.26. The first-order valence-corrected chi connectivity index (χ1v) is 11.7. The fourth-order valence-electron chi connectivity index (χ4n) is 3.61. The van der Waals surface area contributed by atoms with Gasteiger partial charge in [0, 0.05) is 18.7 Å². The molecule has 1 atom stereocenters. The SMILES string of the molecule is O=C(NC(c1ccccc1)c1ccc(F)cc1)c1cccc(S(=O)(=O)N2CCOCC2)c1. The predicted molar refractivity (Wildman–Crippen MR) is 118 cm³/mol. The first-order chi connectivity index (χ1) is 15.4. The van der Waals surface area contributed by atoms with E-state index in [0.29, 0.717) is 18.8 Å². The van der Waals surface area contributed by atoms with Gasteiger partial charge >= 0.3 is 0 Å². The molecule has 0 aromatic heterocycles. The molecule has 1 heterocycles. The van der Waals surface area contributed by atoms with Crippen molar-refractivity contribution in [3.8, 4) is 0 Å². The molecular formula is C24H23FN2O4S. The zero-order valence-electron chi connectivity index (χ0n) is 17.3. The third-order valence-corrected chi connectivity index (χ3v) is 7.21. The van der Waals surface area contributed by atoms with Crippen molar-refractivity contribution in [1.82, 2.24) is 9.62 Å². The number of halogens is 1. The van der Waals surface area contributed by atoms with Gasteiger partial charge in [0.25, 0.3) is 5.91 Å². The number of morpholine rings is 1. The van der Waals surface area contributed by atoms with E-state index in [1.165, 1.54) is 28.6 Å². The van der Waals surface area contributed by atoms with E-state index < -0.39 is 22.0 Å². The van der Waals surface area contributed by atoms with E-state index in [-0.39, 0.29) is 29.4 Å². The first-order valence-electron chi connectivity index (χ1n) is 10.2. The van der Waals surface area contributed by atoms with Gasteiger partial charge in [-0.05, 0) is 41.5 Å². The molecule has 1 unspecified atom stereocenters. The number of nitrogens with one attached hydrogen (secondary N) is 1. The fourth-order valence-corrected chi connectivity index (χ4v) is 5.06. The molecule has 1 amide bonds. The normalized spacial score (nSPS) is 15.8. The van der Waals surface area contributed by atoms with Crippen LogP contribution in [-0.4, -0.2) is 44.9 Å². The summed E-state index contributed by atoms with van der Waals surface area (Å²) in [6, 6.07) is 20.7. The Hall–Kier alpha value is -3.07. The van der Waals surface area contributed by atoms with Crippen LogP contribution in [0.2, 0.25) is 0 Å². The van der Waals surface area contributed by atoms with Gasteiger partial charge in [0.15, 0.2) is 0 Å². The number of hydrogen-bond acceptors (Lipinski definition) is 4. The smallest absolute Gasteiger partial charge is 0.252 e. The molecule has 0 radical (unpaired) electrons. The lowest BCUT2D eigenvalue weighted by molar-refractivity contribution is 0.0730. The number of nitrogens with zero attached hydrogens (tertiary/aromatic N) is 1. The summed E-state index contributed by atoms with van der Waals surface area (Å²) in [6.07, 6.45) is 0. The third kappa shape index (κ3) is 4.88. The molecule has 0 bridgehead atoms. The molecule has 0 spiro atoms. The Morgan fingerprint density at radius 3 is 2.25 bits per heavy atom. The Morgan fingerprint density at radius 2 is 1.56 bits per heavy atom. The number of sulfonamides is 1. The first kappa shape index (κ1) is 22.1. The number of carbonyl (C=O) groups excluding carboxylic acids is 1. The van der Waals surface area contributed by atoms with Gasteiger partial charge in [-0.3, -0.25) is 4.79 Å². The van der Waals surface area contributed by atoms with Gasteiger partial charge in [0.2, 0.25) is 10.0 Å². The van der Waals surface area contributed by atoms with Gasteiger partial charge in [-0.1, -0.05) is 48.5 Å². The van der Waals surface area contributed by atoms with E-state index in [0.717, 1.165) is 5.56 Å². The predicted octanol–water partition coefficient (Wildman–Crippen LogP) is 3.37. The second-order valence-electron chi connectivity index (χ2n) is 7.41. The van der Waals surface area contributed by atoms with E-state index in [4.69, 9.17) is 4.74 Å². The molecule has 1 aliphatic rings. The average molecular weight is 455 g/mol. The maximum atomic E-state index is 13.4. The van der Waals surface area contributed by atoms with Crippen molar-refractivity contribution in [3.63, 3.8) is 0 Å². The van der Waals surface area contributed by atoms with Crippen molar-refractivity contribution >= 4 is 15.9 Å². The number of amides is 1. The van der Waals surface area contributed by atoms with Crippen LogP contribution in [0.4, 0.5) is 4.39 Å². The highest BCUT2D eigenvalue weighted by Crippen LogP contribution is 2.24. The van der Waals surface area contributed by atoms with Crippen molar-refractivity contribution < 1.29 is 22.3 Å². The van der Waals surface area contributed by atoms with E-state index in [1.807, 2.05) is 30.3 Å². The van der Waals surface area contributed by atoms with Crippen LogP contribution >= 0.6 is 0 Å². The summed E-state index contributed by atoms with van der Waals surface area (Å²) in [7, 11) is -3.72. The van der Waals surface area contributed by atoms with Gasteiger partial charge in [-0.2, -0.15) is 4.31 Å². The van der Waals surface area contributed by atoms with E-state index in [1.54, 1.807) is 24.3 Å². The zero-order chi connectivity index (χ0) is 22.6. The highest BCUT2D eigenvalue weighted by Gasteiger charge is 2.27. The standard InChI is InChI=1S/C24H23FN2O4S/c25-21-11-9-19(10-12-21)23(18-5-2-1-3-6-18)26-24(28)20-7-4-8-22(17-20)32(29,30)27-13-15-31-16-14-27/h1-12,17,23H,13-16H2,(H,26,28). The van der Waals surface area contributed by atoms with Crippen LogP contribution in [0.15, 0.2) is 83.8 Å².